The summed E-state index contributed by atoms with van der Waals surface area (Å²) in [6.07, 6.45) is 10.9. The Kier molecular flexibility index (Phi) is 6.58. The molecule has 0 aromatic carbocycles. The number of piperidine rings is 1. The van der Waals surface area contributed by atoms with Gasteiger partial charge in [0.2, 0.25) is 0 Å². The van der Waals surface area contributed by atoms with Gasteiger partial charge in [0, 0.05) is 37.2 Å². The fourth-order valence-corrected chi connectivity index (χ4v) is 3.43. The van der Waals surface area contributed by atoms with Gasteiger partial charge in [-0.2, -0.15) is 5.10 Å². The van der Waals surface area contributed by atoms with E-state index >= 15 is 0 Å². The maximum absolute atomic E-state index is 4.84. The second-order valence-corrected chi connectivity index (χ2v) is 6.87. The van der Waals surface area contributed by atoms with Crippen LogP contribution < -0.4 is 10.6 Å². The molecule has 1 atom stereocenters. The molecule has 0 aliphatic carbocycles. The van der Waals surface area contributed by atoms with Gasteiger partial charge in [0.05, 0.1) is 17.4 Å². The third kappa shape index (κ3) is 4.54. The molecule has 7 nitrogen and oxygen atoms in total. The number of anilines is 1. The lowest BCUT2D eigenvalue weighted by atomic mass is 10.00. The van der Waals surface area contributed by atoms with Crippen molar-refractivity contribution in [3.8, 4) is 11.3 Å². The Hall–Kier alpha value is -2.25. The highest BCUT2D eigenvalue weighted by atomic mass is 35.5. The van der Waals surface area contributed by atoms with Crippen molar-refractivity contribution < 1.29 is 0 Å². The van der Waals surface area contributed by atoms with Crippen LogP contribution in [0.2, 0.25) is 0 Å². The first-order valence-corrected chi connectivity index (χ1v) is 9.42. The van der Waals surface area contributed by atoms with E-state index in [4.69, 9.17) is 4.98 Å². The summed E-state index contributed by atoms with van der Waals surface area (Å²) in [6.45, 7) is 6.13. The van der Waals surface area contributed by atoms with Gasteiger partial charge in [-0.3, -0.25) is 9.67 Å². The zero-order valence-electron chi connectivity index (χ0n) is 15.6. The van der Waals surface area contributed by atoms with Gasteiger partial charge < -0.3 is 10.6 Å². The molecule has 4 rings (SSSR count). The average Bonchev–Trinajstić information content (AvgIpc) is 3.16. The molecular formula is C19H26ClN7. The van der Waals surface area contributed by atoms with Crippen LogP contribution in [-0.2, 0) is 6.54 Å². The second kappa shape index (κ2) is 9.10. The van der Waals surface area contributed by atoms with E-state index < -0.39 is 0 Å². The lowest BCUT2D eigenvalue weighted by molar-refractivity contribution is 0.392. The van der Waals surface area contributed by atoms with Crippen molar-refractivity contribution >= 4 is 29.3 Å². The predicted molar refractivity (Wildman–Crippen MR) is 110 cm³/mol. The van der Waals surface area contributed by atoms with Crippen molar-refractivity contribution in [1.29, 1.82) is 0 Å². The number of fused-ring (bicyclic) bond motifs is 1. The molecule has 8 heteroatoms. The molecule has 1 saturated heterocycles. The first-order chi connectivity index (χ1) is 12.8. The van der Waals surface area contributed by atoms with Crippen molar-refractivity contribution in [2.24, 2.45) is 5.92 Å². The molecule has 144 valence electrons. The number of pyridine rings is 1. The molecule has 1 aliphatic rings. The zero-order chi connectivity index (χ0) is 17.8. The summed E-state index contributed by atoms with van der Waals surface area (Å²) in [5, 5.41) is 11.4. The Labute approximate surface area is 165 Å². The number of nitrogens with one attached hydrogen (secondary N) is 2. The highest BCUT2D eigenvalue weighted by Crippen LogP contribution is 2.25. The minimum atomic E-state index is 0. The number of nitrogens with zero attached hydrogens (tertiary/aromatic N) is 5. The first kappa shape index (κ1) is 19.5. The van der Waals surface area contributed by atoms with E-state index in [1.165, 1.54) is 12.8 Å². The third-order valence-electron chi connectivity index (χ3n) is 4.80. The number of halogens is 1. The molecular weight excluding hydrogens is 362 g/mol. The Morgan fingerprint density at radius 3 is 3.00 bits per heavy atom. The van der Waals surface area contributed by atoms with Gasteiger partial charge in [-0.1, -0.05) is 6.92 Å². The number of aromatic nitrogens is 5. The summed E-state index contributed by atoms with van der Waals surface area (Å²) in [4.78, 5) is 13.8. The molecule has 3 aromatic rings. The van der Waals surface area contributed by atoms with Gasteiger partial charge in [0.1, 0.15) is 5.52 Å². The Bertz CT molecular complexity index is 873. The van der Waals surface area contributed by atoms with Crippen molar-refractivity contribution in [2.45, 2.75) is 32.7 Å². The highest BCUT2D eigenvalue weighted by Gasteiger charge is 2.15. The van der Waals surface area contributed by atoms with Crippen LogP contribution in [0.4, 0.5) is 5.82 Å². The van der Waals surface area contributed by atoms with E-state index in [9.17, 15) is 0 Å². The Balaban J connectivity index is 0.00000210. The minimum absolute atomic E-state index is 0. The number of hydrogen-bond acceptors (Lipinski definition) is 6. The largest absolute Gasteiger partial charge is 0.368 e. The van der Waals surface area contributed by atoms with Gasteiger partial charge in [0.15, 0.2) is 5.82 Å². The number of rotatable bonds is 6. The van der Waals surface area contributed by atoms with Crippen molar-refractivity contribution in [3.63, 3.8) is 0 Å². The van der Waals surface area contributed by atoms with Gasteiger partial charge in [-0.25, -0.2) is 9.97 Å². The molecule has 0 radical (unpaired) electrons. The van der Waals surface area contributed by atoms with Gasteiger partial charge >= 0.3 is 0 Å². The second-order valence-electron chi connectivity index (χ2n) is 6.87. The van der Waals surface area contributed by atoms with E-state index in [2.05, 4.69) is 32.6 Å². The quantitative estimate of drug-likeness (QED) is 0.676. The summed E-state index contributed by atoms with van der Waals surface area (Å²) in [6, 6.07) is 1.99. The van der Waals surface area contributed by atoms with Crippen LogP contribution in [-0.4, -0.2) is 44.4 Å². The average molecular weight is 388 g/mol. The van der Waals surface area contributed by atoms with E-state index in [1.54, 1.807) is 12.4 Å². The van der Waals surface area contributed by atoms with Crippen LogP contribution in [0.15, 0.2) is 30.9 Å². The monoisotopic (exact) mass is 387 g/mol. The summed E-state index contributed by atoms with van der Waals surface area (Å²) in [7, 11) is 0. The van der Waals surface area contributed by atoms with E-state index in [0.29, 0.717) is 5.92 Å². The van der Waals surface area contributed by atoms with Crippen LogP contribution >= 0.6 is 12.4 Å². The van der Waals surface area contributed by atoms with E-state index in [1.807, 2.05) is 23.1 Å². The standard InChI is InChI=1S/C19H25N7.ClH/c1-2-8-26-13-15(12-24-26)16-9-17-18(22-7-6-21-17)19(25-16)23-11-14-4-3-5-20-10-14;/h6-7,9,12-14,20H,2-5,8,10-11H2,1H3,(H,23,25);1H/t14-;/m0./s1. The summed E-state index contributed by atoms with van der Waals surface area (Å²) in [5.74, 6) is 1.42. The highest BCUT2D eigenvalue weighted by molar-refractivity contribution is 5.88. The van der Waals surface area contributed by atoms with E-state index in [-0.39, 0.29) is 12.4 Å². The summed E-state index contributed by atoms with van der Waals surface area (Å²) in [5.41, 5.74) is 3.56. The Morgan fingerprint density at radius 2 is 2.19 bits per heavy atom. The van der Waals surface area contributed by atoms with Crippen LogP contribution in [0.1, 0.15) is 26.2 Å². The SMILES string of the molecule is CCCn1cc(-c2cc3nccnc3c(NC[C@H]3CCCNC3)n2)cn1.Cl. The van der Waals surface area contributed by atoms with Crippen molar-refractivity contribution in [2.75, 3.05) is 25.0 Å². The number of hydrogen-bond donors (Lipinski definition) is 2. The lowest BCUT2D eigenvalue weighted by Crippen LogP contribution is -2.33. The molecule has 0 bridgehead atoms. The first-order valence-electron chi connectivity index (χ1n) is 9.42. The zero-order valence-corrected chi connectivity index (χ0v) is 16.4. The topological polar surface area (TPSA) is 80.5 Å². The minimum Gasteiger partial charge on any atom is -0.368 e. The molecule has 27 heavy (non-hydrogen) atoms. The molecule has 3 aromatic heterocycles. The van der Waals surface area contributed by atoms with Crippen LogP contribution in [0.25, 0.3) is 22.3 Å². The molecule has 0 saturated carbocycles. The molecule has 0 unspecified atom stereocenters. The third-order valence-corrected chi connectivity index (χ3v) is 4.80. The molecule has 1 fully saturated rings. The van der Waals surface area contributed by atoms with Crippen molar-refractivity contribution in [1.82, 2.24) is 30.0 Å². The van der Waals surface area contributed by atoms with Crippen LogP contribution in [0.3, 0.4) is 0 Å². The predicted octanol–water partition coefficient (Wildman–Crippen LogP) is 3.13. The van der Waals surface area contributed by atoms with Crippen LogP contribution in [0.5, 0.6) is 0 Å². The molecule has 2 N–H and O–H groups in total. The van der Waals surface area contributed by atoms with E-state index in [0.717, 1.165) is 60.7 Å². The Morgan fingerprint density at radius 1 is 1.30 bits per heavy atom. The summed E-state index contributed by atoms with van der Waals surface area (Å²) >= 11 is 0. The van der Waals surface area contributed by atoms with Gasteiger partial charge in [-0.05, 0) is 44.3 Å². The maximum Gasteiger partial charge on any atom is 0.154 e. The summed E-state index contributed by atoms with van der Waals surface area (Å²) < 4.78 is 1.96. The van der Waals surface area contributed by atoms with Crippen LogP contribution in [0, 0.1) is 5.92 Å². The fraction of sp³-hybridized carbons (Fsp3) is 0.474. The van der Waals surface area contributed by atoms with Gasteiger partial charge in [0.25, 0.3) is 0 Å². The normalized spacial score (nSPS) is 16.9. The lowest BCUT2D eigenvalue weighted by Gasteiger charge is -2.23. The molecule has 0 amide bonds. The number of aryl methyl sites for hydroxylation is 1. The van der Waals surface area contributed by atoms with Gasteiger partial charge in [-0.15, -0.1) is 12.4 Å². The fourth-order valence-electron chi connectivity index (χ4n) is 3.43. The smallest absolute Gasteiger partial charge is 0.154 e. The maximum atomic E-state index is 4.84. The molecule has 0 spiro atoms. The molecule has 1 aliphatic heterocycles. The van der Waals surface area contributed by atoms with Crippen molar-refractivity contribution in [3.05, 3.63) is 30.9 Å². The molecule has 4 heterocycles.